The van der Waals surface area contributed by atoms with Crippen LogP contribution in [-0.4, -0.2) is 15.1 Å². The number of benzene rings is 1. The smallest absolute Gasteiger partial charge is 0.252 e. The molecule has 0 aliphatic carbocycles. The highest BCUT2D eigenvalue weighted by molar-refractivity contribution is 5.59. The Hall–Kier alpha value is -2.30. The molecule has 3 N–H and O–H groups in total. The van der Waals surface area contributed by atoms with Gasteiger partial charge in [-0.25, -0.2) is 4.98 Å². The van der Waals surface area contributed by atoms with Gasteiger partial charge in [0.05, 0.1) is 5.69 Å². The molecular weight excluding hydrogens is 242 g/mol. The highest BCUT2D eigenvalue weighted by atomic mass is 16.3. The van der Waals surface area contributed by atoms with Crippen LogP contribution in [0.2, 0.25) is 0 Å². The third-order valence-electron chi connectivity index (χ3n) is 2.82. The predicted octanol–water partition coefficient (Wildman–Crippen LogP) is 2.65. The Bertz CT molecular complexity index is 647. The summed E-state index contributed by atoms with van der Waals surface area (Å²) >= 11 is 0. The number of nitrogens with zero attached hydrogens (tertiary/aromatic N) is 1. The fourth-order valence-electron chi connectivity index (χ4n) is 1.75. The van der Waals surface area contributed by atoms with Crippen LogP contribution in [0.5, 0.6) is 5.75 Å². The van der Waals surface area contributed by atoms with Crippen molar-refractivity contribution in [1.29, 1.82) is 0 Å². The van der Waals surface area contributed by atoms with Gasteiger partial charge < -0.3 is 10.4 Å². The van der Waals surface area contributed by atoms with Crippen LogP contribution >= 0.6 is 0 Å². The first-order valence-corrected chi connectivity index (χ1v) is 6.13. The normalized spacial score (nSPS) is 10.7. The molecule has 2 aromatic rings. The number of rotatable bonds is 3. The molecule has 0 radical (unpaired) electrons. The summed E-state index contributed by atoms with van der Waals surface area (Å²) in [6, 6.07) is 6.47. The van der Waals surface area contributed by atoms with Gasteiger partial charge in [-0.15, -0.1) is 0 Å². The molecule has 0 aliphatic heterocycles. The van der Waals surface area contributed by atoms with E-state index >= 15 is 0 Å². The molecule has 0 aliphatic rings. The van der Waals surface area contributed by atoms with Crippen LogP contribution in [0.15, 0.2) is 29.1 Å². The lowest BCUT2D eigenvalue weighted by atomic mass is 10.1. The van der Waals surface area contributed by atoms with Gasteiger partial charge in [0.2, 0.25) is 5.95 Å². The lowest BCUT2D eigenvalue weighted by molar-refractivity contribution is 0.475. The predicted molar refractivity (Wildman–Crippen MR) is 75.1 cm³/mol. The standard InChI is InChI=1S/C14H17N3O2/c1-8(2)12-7-13(19)17-14(16-12)15-11-5-4-10(18)6-9(11)3/h4-8,18H,1-3H3,(H2,15,16,17,19). The van der Waals surface area contributed by atoms with Crippen LogP contribution < -0.4 is 10.9 Å². The van der Waals surface area contributed by atoms with Gasteiger partial charge in [-0.3, -0.25) is 9.78 Å². The average Bonchev–Trinajstić information content (AvgIpc) is 2.32. The zero-order chi connectivity index (χ0) is 14.0. The van der Waals surface area contributed by atoms with E-state index in [2.05, 4.69) is 15.3 Å². The summed E-state index contributed by atoms with van der Waals surface area (Å²) in [6.07, 6.45) is 0. The zero-order valence-electron chi connectivity index (χ0n) is 11.2. The van der Waals surface area contributed by atoms with Gasteiger partial charge >= 0.3 is 0 Å². The van der Waals surface area contributed by atoms with Crippen LogP contribution in [0, 0.1) is 6.92 Å². The largest absolute Gasteiger partial charge is 0.508 e. The van der Waals surface area contributed by atoms with Crippen LogP contribution in [0.25, 0.3) is 0 Å². The minimum Gasteiger partial charge on any atom is -0.508 e. The first-order valence-electron chi connectivity index (χ1n) is 6.13. The van der Waals surface area contributed by atoms with Gasteiger partial charge in [0.15, 0.2) is 0 Å². The molecule has 0 fully saturated rings. The number of aromatic nitrogens is 2. The summed E-state index contributed by atoms with van der Waals surface area (Å²) in [5, 5.41) is 12.4. The van der Waals surface area contributed by atoms with E-state index in [9.17, 15) is 9.90 Å². The fourth-order valence-corrected chi connectivity index (χ4v) is 1.75. The van der Waals surface area contributed by atoms with Gasteiger partial charge in [-0.05, 0) is 36.6 Å². The monoisotopic (exact) mass is 259 g/mol. The van der Waals surface area contributed by atoms with E-state index in [4.69, 9.17) is 0 Å². The van der Waals surface area contributed by atoms with E-state index in [-0.39, 0.29) is 17.2 Å². The van der Waals surface area contributed by atoms with Gasteiger partial charge in [0.1, 0.15) is 5.75 Å². The molecule has 100 valence electrons. The van der Waals surface area contributed by atoms with Crippen molar-refractivity contribution in [3.63, 3.8) is 0 Å². The maximum absolute atomic E-state index is 11.6. The number of aromatic hydroxyl groups is 1. The Morgan fingerprint density at radius 3 is 2.68 bits per heavy atom. The van der Waals surface area contributed by atoms with Crippen molar-refractivity contribution in [3.05, 3.63) is 45.9 Å². The number of H-pyrrole nitrogens is 1. The minimum atomic E-state index is -0.183. The van der Waals surface area contributed by atoms with Gasteiger partial charge in [0, 0.05) is 11.8 Å². The number of nitrogens with one attached hydrogen (secondary N) is 2. The molecule has 5 nitrogen and oxygen atoms in total. The van der Waals surface area contributed by atoms with Crippen molar-refractivity contribution in [2.75, 3.05) is 5.32 Å². The number of phenolic OH excluding ortho intramolecular Hbond substituents is 1. The second-order valence-corrected chi connectivity index (χ2v) is 4.80. The van der Waals surface area contributed by atoms with E-state index in [0.717, 1.165) is 16.9 Å². The zero-order valence-corrected chi connectivity index (χ0v) is 11.2. The molecule has 0 saturated carbocycles. The average molecular weight is 259 g/mol. The van der Waals surface area contributed by atoms with Crippen molar-refractivity contribution in [1.82, 2.24) is 9.97 Å². The maximum atomic E-state index is 11.6. The SMILES string of the molecule is Cc1cc(O)ccc1Nc1nc(C(C)C)cc(=O)[nH]1. The van der Waals surface area contributed by atoms with E-state index in [1.165, 1.54) is 6.07 Å². The molecule has 1 aromatic heterocycles. The maximum Gasteiger partial charge on any atom is 0.252 e. The molecule has 0 amide bonds. The Morgan fingerprint density at radius 1 is 1.32 bits per heavy atom. The minimum absolute atomic E-state index is 0.183. The van der Waals surface area contributed by atoms with E-state index in [1.807, 2.05) is 20.8 Å². The van der Waals surface area contributed by atoms with Crippen LogP contribution in [0.4, 0.5) is 11.6 Å². The van der Waals surface area contributed by atoms with Crippen LogP contribution in [-0.2, 0) is 0 Å². The van der Waals surface area contributed by atoms with Crippen LogP contribution in [0.1, 0.15) is 31.0 Å². The lowest BCUT2D eigenvalue weighted by Crippen LogP contribution is -2.13. The van der Waals surface area contributed by atoms with E-state index in [1.54, 1.807) is 18.2 Å². The molecule has 0 saturated heterocycles. The van der Waals surface area contributed by atoms with Crippen molar-refractivity contribution in [2.24, 2.45) is 0 Å². The number of aromatic amines is 1. The number of hydrogen-bond donors (Lipinski definition) is 3. The molecule has 1 heterocycles. The van der Waals surface area contributed by atoms with Crippen LogP contribution in [0.3, 0.4) is 0 Å². The summed E-state index contributed by atoms with van der Waals surface area (Å²) in [5.41, 5.74) is 2.22. The van der Waals surface area contributed by atoms with Gasteiger partial charge in [-0.1, -0.05) is 13.8 Å². The first-order chi connectivity index (χ1) is 8.95. The fraction of sp³-hybridized carbons (Fsp3) is 0.286. The van der Waals surface area contributed by atoms with Crippen molar-refractivity contribution in [2.45, 2.75) is 26.7 Å². The third kappa shape index (κ3) is 3.13. The van der Waals surface area contributed by atoms with Crippen molar-refractivity contribution < 1.29 is 5.11 Å². The molecule has 0 spiro atoms. The number of aryl methyl sites for hydroxylation is 1. The second kappa shape index (κ2) is 5.14. The van der Waals surface area contributed by atoms with Gasteiger partial charge in [0.25, 0.3) is 5.56 Å². The molecular formula is C14H17N3O2. The molecule has 5 heteroatoms. The molecule has 0 bridgehead atoms. The Labute approximate surface area is 111 Å². The summed E-state index contributed by atoms with van der Waals surface area (Å²) in [4.78, 5) is 18.6. The highest BCUT2D eigenvalue weighted by Gasteiger charge is 2.06. The lowest BCUT2D eigenvalue weighted by Gasteiger charge is -2.11. The molecule has 1 aromatic carbocycles. The molecule has 19 heavy (non-hydrogen) atoms. The Kier molecular flexibility index (Phi) is 3.55. The summed E-state index contributed by atoms with van der Waals surface area (Å²) < 4.78 is 0. The summed E-state index contributed by atoms with van der Waals surface area (Å²) in [6.45, 7) is 5.83. The molecule has 0 unspecified atom stereocenters. The van der Waals surface area contributed by atoms with E-state index < -0.39 is 0 Å². The van der Waals surface area contributed by atoms with E-state index in [0.29, 0.717) is 5.95 Å². The molecule has 0 atom stereocenters. The van der Waals surface area contributed by atoms with Crippen molar-refractivity contribution >= 4 is 11.6 Å². The third-order valence-corrected chi connectivity index (χ3v) is 2.82. The number of phenols is 1. The number of anilines is 2. The van der Waals surface area contributed by atoms with Crippen molar-refractivity contribution in [3.8, 4) is 5.75 Å². The summed E-state index contributed by atoms with van der Waals surface area (Å²) in [7, 11) is 0. The van der Waals surface area contributed by atoms with Gasteiger partial charge in [-0.2, -0.15) is 0 Å². The number of hydrogen-bond acceptors (Lipinski definition) is 4. The highest BCUT2D eigenvalue weighted by Crippen LogP contribution is 2.22. The second-order valence-electron chi connectivity index (χ2n) is 4.80. The Balaban J connectivity index is 2.35. The quantitative estimate of drug-likeness (QED) is 0.740. The Morgan fingerprint density at radius 2 is 2.05 bits per heavy atom. The summed E-state index contributed by atoms with van der Waals surface area (Å²) in [5.74, 6) is 0.800. The first kappa shape index (κ1) is 13.1. The molecule has 2 rings (SSSR count). The topological polar surface area (TPSA) is 78.0 Å².